The molecule has 5 fully saturated rings. The first-order chi connectivity index (χ1) is 43.3. The molecular formula is C64H107N13O15. The first kappa shape index (κ1) is 75.7. The minimum atomic E-state index is -1.66. The number of hydrogen-bond donors (Lipinski definition) is 11. The van der Waals surface area contributed by atoms with Gasteiger partial charge >= 0.3 is 5.97 Å². The monoisotopic (exact) mass is 1300 g/mol. The van der Waals surface area contributed by atoms with Crippen LogP contribution in [0, 0.1) is 35.5 Å². The Bertz CT molecular complexity index is 2650. The second-order valence-electron chi connectivity index (χ2n) is 27.7. The van der Waals surface area contributed by atoms with Crippen LogP contribution in [-0.4, -0.2) is 225 Å². The number of aliphatic hydroxyl groups excluding tert-OH is 1. The van der Waals surface area contributed by atoms with E-state index in [4.69, 9.17) is 0 Å². The van der Waals surface area contributed by atoms with Crippen molar-refractivity contribution in [2.24, 2.45) is 35.5 Å². The maximum Gasteiger partial charge on any atom is 0.326 e. The molecular weight excluding hydrogens is 1190 g/mol. The van der Waals surface area contributed by atoms with Crippen LogP contribution < -0.4 is 47.9 Å². The van der Waals surface area contributed by atoms with Crippen molar-refractivity contribution in [3.63, 3.8) is 0 Å². The Morgan fingerprint density at radius 1 is 0.446 bits per heavy atom. The zero-order valence-corrected chi connectivity index (χ0v) is 56.4. The number of carbonyl (C=O) groups excluding carboxylic acids is 12. The van der Waals surface area contributed by atoms with Crippen molar-refractivity contribution in [3.05, 3.63) is 0 Å². The van der Waals surface area contributed by atoms with E-state index in [1.54, 1.807) is 53.4 Å². The summed E-state index contributed by atoms with van der Waals surface area (Å²) in [6, 6.07) is -12.8. The Morgan fingerprint density at radius 2 is 0.848 bits per heavy atom. The minimum Gasteiger partial charge on any atom is -0.480 e. The summed E-state index contributed by atoms with van der Waals surface area (Å²) >= 11 is 0. The normalized spacial score (nSPS) is 22.9. The topological polar surface area (TPSA) is 384 Å². The lowest BCUT2D eigenvalue weighted by Gasteiger charge is -2.33. The average molecular weight is 1300 g/mol. The Morgan fingerprint density at radius 3 is 1.32 bits per heavy atom. The van der Waals surface area contributed by atoms with Crippen LogP contribution in [0.15, 0.2) is 0 Å². The van der Waals surface area contributed by atoms with E-state index in [0.29, 0.717) is 64.5 Å². The van der Waals surface area contributed by atoms with E-state index in [2.05, 4.69) is 47.9 Å². The highest BCUT2D eigenvalue weighted by molar-refractivity contribution is 6.00. The van der Waals surface area contributed by atoms with E-state index >= 15 is 0 Å². The largest absolute Gasteiger partial charge is 0.480 e. The Balaban J connectivity index is 1.19. The molecule has 14 atom stereocenters. The zero-order valence-electron chi connectivity index (χ0n) is 56.4. The predicted molar refractivity (Wildman–Crippen MR) is 339 cm³/mol. The second-order valence-corrected chi connectivity index (χ2v) is 27.7. The van der Waals surface area contributed by atoms with Gasteiger partial charge in [-0.2, -0.15) is 0 Å². The van der Waals surface area contributed by atoms with Gasteiger partial charge in [-0.05, 0) is 126 Å². The van der Waals surface area contributed by atoms with Crippen LogP contribution in [0.5, 0.6) is 0 Å². The average Bonchev–Trinajstić information content (AvgIpc) is 1.61. The quantitative estimate of drug-likeness (QED) is 0.0428. The van der Waals surface area contributed by atoms with Crippen LogP contribution >= 0.6 is 0 Å². The molecule has 11 N–H and O–H groups in total. The summed E-state index contributed by atoms with van der Waals surface area (Å²) in [5.41, 5.74) is 0. The van der Waals surface area contributed by atoms with E-state index in [1.165, 1.54) is 21.6 Å². The van der Waals surface area contributed by atoms with E-state index in [-0.39, 0.29) is 74.4 Å². The van der Waals surface area contributed by atoms with Gasteiger partial charge in [-0.1, -0.05) is 89.5 Å². The molecule has 12 amide bonds. The lowest BCUT2D eigenvalue weighted by Crippen LogP contribution is -2.63. The number of nitrogens with zero attached hydrogens (tertiary/aromatic N) is 4. The van der Waals surface area contributed by atoms with Gasteiger partial charge in [-0.25, -0.2) is 4.79 Å². The number of nitrogens with one attached hydrogen (secondary N) is 9. The third-order valence-corrected chi connectivity index (χ3v) is 18.4. The summed E-state index contributed by atoms with van der Waals surface area (Å²) in [6.45, 7) is 23.5. The maximum atomic E-state index is 14.5. The third-order valence-electron chi connectivity index (χ3n) is 18.4. The lowest BCUT2D eigenvalue weighted by atomic mass is 9.96. The fourth-order valence-corrected chi connectivity index (χ4v) is 12.9. The number of rotatable bonds is 31. The van der Waals surface area contributed by atoms with Gasteiger partial charge in [-0.3, -0.25) is 57.5 Å². The number of aliphatic hydroxyl groups is 1. The van der Waals surface area contributed by atoms with Gasteiger partial charge in [0.05, 0.1) is 18.7 Å². The molecule has 518 valence electrons. The number of aliphatic carboxylic acids is 1. The number of amides is 12. The Kier molecular flexibility index (Phi) is 28.6. The minimum absolute atomic E-state index is 0.0357. The molecule has 5 heterocycles. The van der Waals surface area contributed by atoms with Crippen molar-refractivity contribution >= 4 is 76.9 Å². The molecule has 0 aromatic heterocycles. The third kappa shape index (κ3) is 20.0. The fourth-order valence-electron chi connectivity index (χ4n) is 12.9. The smallest absolute Gasteiger partial charge is 0.326 e. The molecule has 0 spiro atoms. The van der Waals surface area contributed by atoms with Crippen LogP contribution in [0.25, 0.3) is 0 Å². The second kappa shape index (κ2) is 34.8. The maximum absolute atomic E-state index is 14.5. The van der Waals surface area contributed by atoms with Crippen molar-refractivity contribution in [2.45, 2.75) is 252 Å². The molecule has 5 aliphatic rings. The summed E-state index contributed by atoms with van der Waals surface area (Å²) in [4.78, 5) is 185. The van der Waals surface area contributed by atoms with E-state index in [1.807, 2.05) is 34.6 Å². The number of likely N-dealkylation sites (tertiary alicyclic amines) is 4. The van der Waals surface area contributed by atoms with Crippen LogP contribution in [0.2, 0.25) is 0 Å². The number of carboxylic acid groups (broad SMARTS) is 1. The molecule has 0 radical (unpaired) electrons. The van der Waals surface area contributed by atoms with Gasteiger partial charge in [-0.15, -0.1) is 0 Å². The first-order valence-corrected chi connectivity index (χ1v) is 33.5. The molecule has 0 aromatic rings. The van der Waals surface area contributed by atoms with Crippen LogP contribution in [0.3, 0.4) is 0 Å². The highest BCUT2D eigenvalue weighted by Gasteiger charge is 2.46. The van der Waals surface area contributed by atoms with E-state index < -0.39 is 162 Å². The van der Waals surface area contributed by atoms with Crippen molar-refractivity contribution in [3.8, 4) is 0 Å². The van der Waals surface area contributed by atoms with Crippen molar-refractivity contribution in [1.29, 1.82) is 0 Å². The summed E-state index contributed by atoms with van der Waals surface area (Å²) < 4.78 is 0. The van der Waals surface area contributed by atoms with Gasteiger partial charge < -0.3 is 77.7 Å². The molecule has 28 nitrogen and oxygen atoms in total. The summed E-state index contributed by atoms with van der Waals surface area (Å²) in [6.07, 6.45) is 4.16. The number of hydrogen-bond acceptors (Lipinski definition) is 15. The summed E-state index contributed by atoms with van der Waals surface area (Å²) in [7, 11) is 0. The molecule has 92 heavy (non-hydrogen) atoms. The summed E-state index contributed by atoms with van der Waals surface area (Å²) in [5, 5.41) is 45.5. The van der Waals surface area contributed by atoms with Gasteiger partial charge in [0.15, 0.2) is 0 Å². The van der Waals surface area contributed by atoms with Gasteiger partial charge in [0.25, 0.3) is 0 Å². The van der Waals surface area contributed by atoms with Gasteiger partial charge in [0, 0.05) is 26.2 Å². The van der Waals surface area contributed by atoms with E-state index in [9.17, 15) is 72.5 Å². The molecule has 5 saturated heterocycles. The van der Waals surface area contributed by atoms with E-state index in [0.717, 1.165) is 13.0 Å². The van der Waals surface area contributed by atoms with Crippen molar-refractivity contribution in [1.82, 2.24) is 67.5 Å². The first-order valence-electron chi connectivity index (χ1n) is 33.5. The molecule has 5 aliphatic heterocycles. The van der Waals surface area contributed by atoms with Crippen LogP contribution in [-0.2, 0) is 62.3 Å². The number of carboxylic acids is 1. The highest BCUT2D eigenvalue weighted by atomic mass is 16.4. The lowest BCUT2D eigenvalue weighted by molar-refractivity contribution is -0.147. The van der Waals surface area contributed by atoms with Crippen molar-refractivity contribution in [2.75, 3.05) is 39.3 Å². The molecule has 0 aliphatic carbocycles. The summed E-state index contributed by atoms with van der Waals surface area (Å²) in [5.74, 6) is -10.8. The SMILES string of the molecule is CC[C@H](C)[C@H](NC(=O)[C@@H]1CCCN1C(=O)CNC(=O)[C@@H]1CCCN1C(=O)[C@H](CC(C)C)NC(=O)[C@@H](NC(=O)[C@@H](NC(=O)[C@@H](NC(=O)[C@@H](NC(=O)[C@@H]1CCCN1C(=O)[C@@H]1CCCN1C(=O)[C@@H]1CCCN1)C(C)C)C(C)C)C(C)C)[C@@H](C)O)C(=O)N[C@@H](CC(C)C)C(=O)O. The van der Waals surface area contributed by atoms with Gasteiger partial charge in [0.1, 0.15) is 66.5 Å². The van der Waals surface area contributed by atoms with Crippen LogP contribution in [0.4, 0.5) is 0 Å². The number of carbonyl (C=O) groups is 13. The Labute approximate surface area is 541 Å². The predicted octanol–water partition coefficient (Wildman–Crippen LogP) is -0.216. The molecule has 0 bridgehead atoms. The van der Waals surface area contributed by atoms with Gasteiger partial charge in [0.2, 0.25) is 70.9 Å². The fraction of sp³-hybridized carbons (Fsp3) is 0.797. The van der Waals surface area contributed by atoms with Crippen molar-refractivity contribution < 1.29 is 72.5 Å². The molecule has 5 rings (SSSR count). The molecule has 0 aromatic carbocycles. The highest BCUT2D eigenvalue weighted by Crippen LogP contribution is 2.28. The molecule has 0 saturated carbocycles. The Hall–Kier alpha value is -6.97. The molecule has 28 heteroatoms. The standard InChI is InChI=1S/C64H107N13O15/c1-14-38(12)51(59(86)68-42(64(91)92)31-34(4)5)72-54(81)44-22-16-26-74(44)47(79)32-66-53(80)43-21-17-27-75(43)62(89)41(30-33(2)3)67-60(87)52(39(13)78)73-58(85)50(37(10)11)71-57(84)49(36(8)9)70-56(83)48(35(6)7)69-55(82)45-23-18-28-76(45)63(90)46-24-19-29-77(46)61(88)40-20-15-25-65-40/h33-46,48-52,65,78H,14-32H2,1-13H3,(H,66,80)(H,67,87)(H,68,86)(H,69,82)(H,70,83)(H,71,84)(H,72,81)(H,73,85)(H,91,92)/t38-,39+,40-,41-,42-,43-,44-,45-,46-,48-,49-,50-,51-,52-/m0/s1. The van der Waals surface area contributed by atoms with Crippen LogP contribution in [0.1, 0.15) is 173 Å². The molecule has 0 unspecified atom stereocenters. The zero-order chi connectivity index (χ0) is 68.6.